The molecule has 30 heavy (non-hydrogen) atoms. The van der Waals surface area contributed by atoms with Gasteiger partial charge in [-0.25, -0.2) is 14.4 Å². The molecule has 0 fully saturated rings. The first-order chi connectivity index (χ1) is 14.5. The molecule has 3 heterocycles. The van der Waals surface area contributed by atoms with Crippen LogP contribution in [0.3, 0.4) is 0 Å². The standard InChI is InChI=1S/C22H17F2N3O3/c1-28-21-22(27-18(25)11-29-21)14-5-2-6-16(23)19(14)30-17-8-7-12(10-15(17)22)13-4-3-9-26-20(13)24/h2-10,21H,11H2,1H3,(H2,25,27). The maximum absolute atomic E-state index is 14.7. The van der Waals surface area contributed by atoms with Gasteiger partial charge in [-0.1, -0.05) is 18.2 Å². The largest absolute Gasteiger partial charge is 0.453 e. The second-order valence-corrected chi connectivity index (χ2v) is 7.02. The predicted octanol–water partition coefficient (Wildman–Crippen LogP) is 3.74. The van der Waals surface area contributed by atoms with Gasteiger partial charge in [-0.3, -0.25) is 0 Å². The number of benzene rings is 2. The number of aliphatic imine (C=N–C) groups is 1. The quantitative estimate of drug-likeness (QED) is 0.653. The smallest absolute Gasteiger partial charge is 0.220 e. The minimum atomic E-state index is -1.32. The van der Waals surface area contributed by atoms with Crippen LogP contribution in [-0.4, -0.2) is 30.8 Å². The van der Waals surface area contributed by atoms with Gasteiger partial charge in [0.2, 0.25) is 5.95 Å². The number of hydrogen-bond donors (Lipinski definition) is 1. The number of rotatable bonds is 2. The molecule has 3 aromatic rings. The Bertz CT molecular complexity index is 1180. The molecule has 0 bridgehead atoms. The molecular formula is C22H17F2N3O3. The second-order valence-electron chi connectivity index (χ2n) is 7.02. The normalized spacial score (nSPS) is 22.1. The summed E-state index contributed by atoms with van der Waals surface area (Å²) < 4.78 is 46.3. The topological polar surface area (TPSA) is 79.0 Å². The van der Waals surface area contributed by atoms with Crippen molar-refractivity contribution in [2.24, 2.45) is 10.7 Å². The monoisotopic (exact) mass is 409 g/mol. The molecule has 8 heteroatoms. The van der Waals surface area contributed by atoms with E-state index in [-0.39, 0.29) is 18.2 Å². The van der Waals surface area contributed by atoms with Crippen molar-refractivity contribution in [3.8, 4) is 22.6 Å². The van der Waals surface area contributed by atoms with Gasteiger partial charge in [0, 0.05) is 30.0 Å². The third-order valence-corrected chi connectivity index (χ3v) is 5.31. The Hall–Kier alpha value is -3.36. The number of ether oxygens (including phenoxy) is 3. The van der Waals surface area contributed by atoms with Gasteiger partial charge in [0.15, 0.2) is 23.4 Å². The third kappa shape index (κ3) is 2.61. The van der Waals surface area contributed by atoms with Gasteiger partial charge in [-0.15, -0.1) is 0 Å². The van der Waals surface area contributed by atoms with Crippen LogP contribution in [0.2, 0.25) is 0 Å². The molecule has 0 saturated carbocycles. The number of methoxy groups -OCH3 is 1. The number of hydrogen-bond acceptors (Lipinski definition) is 6. The zero-order valence-corrected chi connectivity index (χ0v) is 15.9. The Balaban J connectivity index is 1.83. The van der Waals surface area contributed by atoms with Crippen molar-refractivity contribution in [1.29, 1.82) is 0 Å². The fourth-order valence-electron chi connectivity index (χ4n) is 4.06. The Morgan fingerprint density at radius 3 is 2.80 bits per heavy atom. The number of pyridine rings is 1. The van der Waals surface area contributed by atoms with E-state index in [0.29, 0.717) is 28.0 Å². The van der Waals surface area contributed by atoms with Crippen LogP contribution in [0.25, 0.3) is 11.1 Å². The number of aromatic nitrogens is 1. The highest BCUT2D eigenvalue weighted by Crippen LogP contribution is 2.54. The van der Waals surface area contributed by atoms with Gasteiger partial charge in [-0.2, -0.15) is 4.39 Å². The van der Waals surface area contributed by atoms with E-state index in [1.165, 1.54) is 19.4 Å². The van der Waals surface area contributed by atoms with Crippen molar-refractivity contribution in [1.82, 2.24) is 4.98 Å². The molecular weight excluding hydrogens is 392 g/mol. The minimum absolute atomic E-state index is 0.0226. The summed E-state index contributed by atoms with van der Waals surface area (Å²) in [5.41, 5.74) is 6.52. The first-order valence-corrected chi connectivity index (χ1v) is 9.25. The number of nitrogens with zero attached hydrogens (tertiary/aromatic N) is 2. The van der Waals surface area contributed by atoms with Crippen LogP contribution in [0.1, 0.15) is 11.1 Å². The minimum Gasteiger partial charge on any atom is -0.453 e. The van der Waals surface area contributed by atoms with Crippen LogP contribution in [0.4, 0.5) is 8.78 Å². The summed E-state index contributed by atoms with van der Waals surface area (Å²) in [6.07, 6.45) is 0.476. The summed E-state index contributed by atoms with van der Waals surface area (Å²) >= 11 is 0. The summed E-state index contributed by atoms with van der Waals surface area (Å²) in [5, 5.41) is 0. The summed E-state index contributed by atoms with van der Waals surface area (Å²) in [6.45, 7) is 0.0675. The van der Waals surface area contributed by atoms with Gasteiger partial charge in [-0.05, 0) is 35.9 Å². The van der Waals surface area contributed by atoms with Gasteiger partial charge in [0.1, 0.15) is 18.2 Å². The molecule has 2 aliphatic heterocycles. The fraction of sp³-hybridized carbons (Fsp3) is 0.182. The Morgan fingerprint density at radius 2 is 2.00 bits per heavy atom. The lowest BCUT2D eigenvalue weighted by atomic mass is 9.78. The summed E-state index contributed by atoms with van der Waals surface area (Å²) in [4.78, 5) is 8.41. The number of amidine groups is 1. The number of para-hydroxylation sites is 1. The van der Waals surface area contributed by atoms with Crippen molar-refractivity contribution >= 4 is 5.84 Å². The first-order valence-electron chi connectivity index (χ1n) is 9.25. The molecule has 1 aromatic heterocycles. The van der Waals surface area contributed by atoms with Crippen LogP contribution >= 0.6 is 0 Å². The number of halogens is 2. The van der Waals surface area contributed by atoms with E-state index in [0.717, 1.165) is 0 Å². The Kier molecular flexibility index (Phi) is 4.27. The lowest BCUT2D eigenvalue weighted by Gasteiger charge is -2.43. The highest BCUT2D eigenvalue weighted by atomic mass is 19.1. The average Bonchev–Trinajstić information content (AvgIpc) is 2.75. The molecule has 2 aromatic carbocycles. The van der Waals surface area contributed by atoms with Crippen molar-refractivity contribution in [3.05, 3.63) is 77.6 Å². The maximum atomic E-state index is 14.7. The van der Waals surface area contributed by atoms with E-state index in [1.807, 2.05) is 0 Å². The van der Waals surface area contributed by atoms with E-state index < -0.39 is 23.6 Å². The van der Waals surface area contributed by atoms with Crippen LogP contribution in [0.5, 0.6) is 11.5 Å². The second kappa shape index (κ2) is 6.86. The van der Waals surface area contributed by atoms with Crippen LogP contribution in [-0.2, 0) is 15.0 Å². The maximum Gasteiger partial charge on any atom is 0.220 e. The lowest BCUT2D eigenvalue weighted by molar-refractivity contribution is -0.155. The van der Waals surface area contributed by atoms with Gasteiger partial charge in [0.25, 0.3) is 0 Å². The van der Waals surface area contributed by atoms with Crippen molar-refractivity contribution in [2.45, 2.75) is 11.8 Å². The molecule has 2 atom stereocenters. The average molecular weight is 409 g/mol. The fourth-order valence-corrected chi connectivity index (χ4v) is 4.06. The summed E-state index contributed by atoms with van der Waals surface area (Å²) in [5.74, 6) is -0.557. The van der Waals surface area contributed by atoms with Gasteiger partial charge >= 0.3 is 0 Å². The summed E-state index contributed by atoms with van der Waals surface area (Å²) in [7, 11) is 1.47. The first kappa shape index (κ1) is 18.7. The molecule has 0 aliphatic carbocycles. The molecule has 0 saturated heterocycles. The van der Waals surface area contributed by atoms with E-state index in [9.17, 15) is 8.78 Å². The molecule has 1 spiro atoms. The molecule has 2 N–H and O–H groups in total. The molecule has 0 amide bonds. The van der Waals surface area contributed by atoms with E-state index in [2.05, 4.69) is 4.98 Å². The number of nitrogens with two attached hydrogens (primary N) is 1. The Morgan fingerprint density at radius 1 is 1.13 bits per heavy atom. The predicted molar refractivity (Wildman–Crippen MR) is 105 cm³/mol. The SMILES string of the molecule is COC1OCC(N)=NC12c1cc(-c3cccnc3F)ccc1Oc1c(F)cccc12. The molecule has 6 nitrogen and oxygen atoms in total. The highest BCUT2D eigenvalue weighted by molar-refractivity contribution is 5.84. The van der Waals surface area contributed by atoms with Crippen molar-refractivity contribution < 1.29 is 23.0 Å². The van der Waals surface area contributed by atoms with E-state index >= 15 is 0 Å². The summed E-state index contributed by atoms with van der Waals surface area (Å²) in [6, 6.07) is 12.9. The molecule has 5 rings (SSSR count). The van der Waals surface area contributed by atoms with Gasteiger partial charge in [0.05, 0.1) is 0 Å². The van der Waals surface area contributed by atoms with Crippen LogP contribution in [0.15, 0.2) is 59.7 Å². The highest BCUT2D eigenvalue weighted by Gasteiger charge is 2.52. The Labute approximate surface area is 170 Å². The van der Waals surface area contributed by atoms with E-state index in [1.54, 1.807) is 42.5 Å². The van der Waals surface area contributed by atoms with Crippen molar-refractivity contribution in [2.75, 3.05) is 13.7 Å². The molecule has 0 radical (unpaired) electrons. The van der Waals surface area contributed by atoms with Gasteiger partial charge < -0.3 is 19.9 Å². The third-order valence-electron chi connectivity index (χ3n) is 5.31. The molecule has 2 unspecified atom stereocenters. The molecule has 152 valence electrons. The van der Waals surface area contributed by atoms with Crippen molar-refractivity contribution in [3.63, 3.8) is 0 Å². The zero-order valence-electron chi connectivity index (χ0n) is 15.9. The number of fused-ring (bicyclic) bond motifs is 4. The van der Waals surface area contributed by atoms with E-state index in [4.69, 9.17) is 24.9 Å². The van der Waals surface area contributed by atoms with Crippen LogP contribution < -0.4 is 10.5 Å². The molecule has 2 aliphatic rings. The lowest BCUT2D eigenvalue weighted by Crippen LogP contribution is -2.50. The zero-order chi connectivity index (χ0) is 20.9. The van der Waals surface area contributed by atoms with Crippen LogP contribution in [0, 0.1) is 11.8 Å².